The van der Waals surface area contributed by atoms with Gasteiger partial charge in [0.15, 0.2) is 10.9 Å². The van der Waals surface area contributed by atoms with Crippen molar-refractivity contribution in [3.8, 4) is 0 Å². The Kier molecular flexibility index (Phi) is 6.10. The summed E-state index contributed by atoms with van der Waals surface area (Å²) < 4.78 is 10.4. The molecule has 1 rings (SSSR count). The van der Waals surface area contributed by atoms with Crippen molar-refractivity contribution in [1.82, 2.24) is 5.32 Å². The Morgan fingerprint density at radius 1 is 1.43 bits per heavy atom. The average Bonchev–Trinajstić information content (AvgIpc) is 2.73. The van der Waals surface area contributed by atoms with Crippen molar-refractivity contribution < 1.29 is 18.7 Å². The van der Waals surface area contributed by atoms with Crippen molar-refractivity contribution in [1.29, 1.82) is 0 Å². The molecule has 0 bridgehead atoms. The lowest BCUT2D eigenvalue weighted by Gasteiger charge is -2.08. The first-order valence-electron chi connectivity index (χ1n) is 6.39. The fourth-order valence-electron chi connectivity index (χ4n) is 1.77. The number of rotatable bonds is 6. The Labute approximate surface area is 128 Å². The van der Waals surface area contributed by atoms with Crippen LogP contribution in [0.1, 0.15) is 40.3 Å². The van der Waals surface area contributed by atoms with Crippen molar-refractivity contribution in [3.05, 3.63) is 29.5 Å². The summed E-state index contributed by atoms with van der Waals surface area (Å²) in [4.78, 5) is 23.8. The molecule has 0 saturated carbocycles. The predicted molar refractivity (Wildman–Crippen MR) is 83.8 cm³/mol. The molecule has 0 saturated heterocycles. The monoisotopic (exact) mass is 310 g/mol. The van der Waals surface area contributed by atoms with E-state index in [4.69, 9.17) is 21.4 Å². The maximum Gasteiger partial charge on any atom is 0.344 e. The minimum atomic E-state index is -0.631. The molecule has 0 radical (unpaired) electrons. The molecule has 0 unspecified atom stereocenters. The number of ether oxygens (including phenoxy) is 1. The summed E-state index contributed by atoms with van der Waals surface area (Å²) >= 11 is 5.06. The highest BCUT2D eigenvalue weighted by Crippen LogP contribution is 2.28. The second-order valence-corrected chi connectivity index (χ2v) is 4.55. The zero-order valence-electron chi connectivity index (χ0n) is 12.2. The van der Waals surface area contributed by atoms with Gasteiger partial charge in [-0.1, -0.05) is 6.08 Å². The van der Waals surface area contributed by atoms with Crippen LogP contribution in [-0.2, 0) is 4.74 Å². The lowest BCUT2D eigenvalue weighted by molar-refractivity contribution is 0.0524. The molecule has 0 aliphatic heterocycles. The highest BCUT2D eigenvalue weighted by molar-refractivity contribution is 7.80. The van der Waals surface area contributed by atoms with Crippen molar-refractivity contribution >= 4 is 35.0 Å². The Morgan fingerprint density at radius 3 is 2.62 bits per heavy atom. The number of esters is 1. The molecule has 6 nitrogen and oxygen atoms in total. The maximum atomic E-state index is 12.0. The van der Waals surface area contributed by atoms with Crippen LogP contribution in [0, 0.1) is 6.92 Å². The number of furan rings is 1. The Morgan fingerprint density at radius 2 is 2.10 bits per heavy atom. The van der Waals surface area contributed by atoms with E-state index in [0.29, 0.717) is 12.3 Å². The van der Waals surface area contributed by atoms with Crippen molar-refractivity contribution in [2.75, 3.05) is 18.5 Å². The van der Waals surface area contributed by atoms with E-state index in [1.54, 1.807) is 19.9 Å². The molecule has 0 amide bonds. The SMILES string of the molecule is C=CCNC(=S)Nc1oc(C)c(C(C)=O)c1C(=O)OCC. The second-order valence-electron chi connectivity index (χ2n) is 4.14. The normalized spacial score (nSPS) is 9.86. The molecule has 0 aromatic carbocycles. The molecule has 0 spiro atoms. The summed E-state index contributed by atoms with van der Waals surface area (Å²) in [6.45, 7) is 8.85. The number of hydrogen-bond acceptors (Lipinski definition) is 5. The number of hydrogen-bond donors (Lipinski definition) is 2. The van der Waals surface area contributed by atoms with Gasteiger partial charge in [-0.05, 0) is 33.0 Å². The number of nitrogens with one attached hydrogen (secondary N) is 2. The predicted octanol–water partition coefficient (Wildman–Crippen LogP) is 2.44. The minimum absolute atomic E-state index is 0.0598. The highest BCUT2D eigenvalue weighted by Gasteiger charge is 2.28. The van der Waals surface area contributed by atoms with E-state index in [2.05, 4.69) is 17.2 Å². The van der Waals surface area contributed by atoms with Crippen LogP contribution in [0.15, 0.2) is 17.1 Å². The molecule has 1 aromatic rings. The first kappa shape index (κ1) is 16.9. The second kappa shape index (κ2) is 7.58. The van der Waals surface area contributed by atoms with Gasteiger partial charge in [0.2, 0.25) is 5.88 Å². The quantitative estimate of drug-likeness (QED) is 0.361. The first-order chi connectivity index (χ1) is 9.92. The summed E-state index contributed by atoms with van der Waals surface area (Å²) in [5.74, 6) is -0.483. The summed E-state index contributed by atoms with van der Waals surface area (Å²) in [5, 5.41) is 5.85. The van der Waals surface area contributed by atoms with Gasteiger partial charge in [-0.15, -0.1) is 6.58 Å². The van der Waals surface area contributed by atoms with Crippen LogP contribution in [0.2, 0.25) is 0 Å². The van der Waals surface area contributed by atoms with E-state index in [-0.39, 0.29) is 34.5 Å². The zero-order valence-corrected chi connectivity index (χ0v) is 13.1. The zero-order chi connectivity index (χ0) is 16.0. The van der Waals surface area contributed by atoms with E-state index < -0.39 is 5.97 Å². The summed E-state index contributed by atoms with van der Waals surface area (Å²) in [7, 11) is 0. The molecule has 0 atom stereocenters. The van der Waals surface area contributed by atoms with E-state index >= 15 is 0 Å². The smallest absolute Gasteiger partial charge is 0.344 e. The lowest BCUT2D eigenvalue weighted by atomic mass is 10.1. The third-order valence-electron chi connectivity index (χ3n) is 2.55. The molecule has 1 heterocycles. The Balaban J connectivity index is 3.16. The van der Waals surface area contributed by atoms with E-state index in [1.165, 1.54) is 6.92 Å². The third-order valence-corrected chi connectivity index (χ3v) is 2.80. The fraction of sp³-hybridized carbons (Fsp3) is 0.357. The summed E-state index contributed by atoms with van der Waals surface area (Å²) in [5.41, 5.74) is 0.257. The average molecular weight is 310 g/mol. The van der Waals surface area contributed by atoms with Gasteiger partial charge in [0.05, 0.1) is 12.2 Å². The minimum Gasteiger partial charge on any atom is -0.462 e. The Bertz CT molecular complexity index is 578. The van der Waals surface area contributed by atoms with Gasteiger partial charge in [0, 0.05) is 6.54 Å². The van der Waals surface area contributed by atoms with Gasteiger partial charge in [0.25, 0.3) is 0 Å². The molecule has 1 aromatic heterocycles. The molecular formula is C14H18N2O4S. The van der Waals surface area contributed by atoms with Crippen LogP contribution in [0.3, 0.4) is 0 Å². The fourth-order valence-corrected chi connectivity index (χ4v) is 1.94. The van der Waals surface area contributed by atoms with Gasteiger partial charge in [0.1, 0.15) is 11.3 Å². The topological polar surface area (TPSA) is 80.6 Å². The number of carbonyl (C=O) groups is 2. The van der Waals surface area contributed by atoms with Crippen LogP contribution >= 0.6 is 12.2 Å². The molecule has 21 heavy (non-hydrogen) atoms. The van der Waals surface area contributed by atoms with E-state index in [9.17, 15) is 9.59 Å². The molecule has 114 valence electrons. The van der Waals surface area contributed by atoms with Crippen LogP contribution in [0.4, 0.5) is 5.88 Å². The number of aryl methyl sites for hydroxylation is 1. The number of thiocarbonyl (C=S) groups is 1. The standard InChI is InChI=1S/C14H18N2O4S/c1-5-7-15-14(21)16-12-11(13(18)19-6-2)10(8(3)17)9(4)20-12/h5H,1,6-7H2,2-4H3,(H2,15,16,21). The molecule has 0 fully saturated rings. The molecule has 0 aliphatic rings. The lowest BCUT2D eigenvalue weighted by Crippen LogP contribution is -2.29. The largest absolute Gasteiger partial charge is 0.462 e. The van der Waals surface area contributed by atoms with Crippen molar-refractivity contribution in [2.45, 2.75) is 20.8 Å². The van der Waals surface area contributed by atoms with Gasteiger partial charge in [-0.25, -0.2) is 4.79 Å². The number of carbonyl (C=O) groups excluding carboxylic acids is 2. The summed E-state index contributed by atoms with van der Waals surface area (Å²) in [6.07, 6.45) is 1.63. The summed E-state index contributed by atoms with van der Waals surface area (Å²) in [6, 6.07) is 0. The maximum absolute atomic E-state index is 12.0. The molecule has 2 N–H and O–H groups in total. The van der Waals surface area contributed by atoms with Crippen LogP contribution in [-0.4, -0.2) is 30.0 Å². The van der Waals surface area contributed by atoms with E-state index in [1.807, 2.05) is 0 Å². The Hall–Kier alpha value is -2.15. The first-order valence-corrected chi connectivity index (χ1v) is 6.80. The molecular weight excluding hydrogens is 292 g/mol. The van der Waals surface area contributed by atoms with Crippen LogP contribution in [0.25, 0.3) is 0 Å². The van der Waals surface area contributed by atoms with Crippen LogP contribution < -0.4 is 10.6 Å². The number of anilines is 1. The van der Waals surface area contributed by atoms with Gasteiger partial charge in [-0.2, -0.15) is 0 Å². The van der Waals surface area contributed by atoms with Gasteiger partial charge < -0.3 is 19.8 Å². The van der Waals surface area contributed by atoms with E-state index in [0.717, 1.165) is 0 Å². The molecule has 0 aliphatic carbocycles. The van der Waals surface area contributed by atoms with Crippen molar-refractivity contribution in [2.24, 2.45) is 0 Å². The highest BCUT2D eigenvalue weighted by atomic mass is 32.1. The van der Waals surface area contributed by atoms with Crippen LogP contribution in [0.5, 0.6) is 0 Å². The number of ketones is 1. The third kappa shape index (κ3) is 4.16. The van der Waals surface area contributed by atoms with Gasteiger partial charge in [-0.3, -0.25) is 4.79 Å². The van der Waals surface area contributed by atoms with Gasteiger partial charge >= 0.3 is 5.97 Å². The molecule has 7 heteroatoms. The number of Topliss-reactive ketones (excluding diaryl/α,β-unsaturated/α-hetero) is 1. The van der Waals surface area contributed by atoms with Crippen molar-refractivity contribution in [3.63, 3.8) is 0 Å².